The molecule has 9 heteroatoms. The smallest absolute Gasteiger partial charge is 0.243 e. The van der Waals surface area contributed by atoms with Crippen LogP contribution in [0.4, 0.5) is 0 Å². The summed E-state index contributed by atoms with van der Waals surface area (Å²) in [7, 11) is 0. The van der Waals surface area contributed by atoms with Gasteiger partial charge >= 0.3 is 0 Å². The van der Waals surface area contributed by atoms with Crippen molar-refractivity contribution in [2.45, 2.75) is 64.3 Å². The average Bonchev–Trinajstić information content (AvgIpc) is 3.25. The molecule has 3 aliphatic rings. The molecular weight excluding hydrogens is 496 g/mol. The highest BCUT2D eigenvalue weighted by atomic mass is 16.5. The lowest BCUT2D eigenvalue weighted by molar-refractivity contribution is -0.136. The van der Waals surface area contributed by atoms with Gasteiger partial charge in [0.05, 0.1) is 6.42 Å². The molecule has 2 heterocycles. The first-order valence-electron chi connectivity index (χ1n) is 13.7. The predicted octanol–water partition coefficient (Wildman–Crippen LogP) is 1.86. The molecule has 2 fully saturated rings. The van der Waals surface area contributed by atoms with E-state index in [1.165, 1.54) is 6.92 Å². The van der Waals surface area contributed by atoms with E-state index in [0.717, 1.165) is 28.9 Å². The van der Waals surface area contributed by atoms with Crippen LogP contribution in [0.3, 0.4) is 0 Å². The van der Waals surface area contributed by atoms with Crippen molar-refractivity contribution in [2.75, 3.05) is 13.1 Å². The second kappa shape index (κ2) is 11.5. The molecule has 2 aliphatic heterocycles. The molecule has 39 heavy (non-hydrogen) atoms. The number of hydrogen-bond acceptors (Lipinski definition) is 5. The van der Waals surface area contributed by atoms with Crippen LogP contribution in [-0.4, -0.2) is 59.8 Å². The van der Waals surface area contributed by atoms with Gasteiger partial charge in [0, 0.05) is 32.5 Å². The molecule has 2 aromatic rings. The van der Waals surface area contributed by atoms with Crippen molar-refractivity contribution in [2.24, 2.45) is 11.8 Å². The maximum absolute atomic E-state index is 13.4. The van der Waals surface area contributed by atoms with Crippen LogP contribution < -0.4 is 20.7 Å². The Morgan fingerprint density at radius 2 is 1.87 bits per heavy atom. The van der Waals surface area contributed by atoms with Crippen LogP contribution in [0.5, 0.6) is 5.75 Å². The van der Waals surface area contributed by atoms with Gasteiger partial charge in [-0.05, 0) is 60.9 Å². The van der Waals surface area contributed by atoms with E-state index in [1.54, 1.807) is 4.90 Å². The van der Waals surface area contributed by atoms with Crippen LogP contribution >= 0.6 is 0 Å². The lowest BCUT2D eigenvalue weighted by Crippen LogP contribution is -2.54. The molecule has 206 valence electrons. The molecule has 5 atom stereocenters. The van der Waals surface area contributed by atoms with Gasteiger partial charge in [-0.25, -0.2) is 0 Å². The summed E-state index contributed by atoms with van der Waals surface area (Å²) in [6, 6.07) is 13.7. The zero-order valence-corrected chi connectivity index (χ0v) is 22.4. The van der Waals surface area contributed by atoms with Crippen LogP contribution in [0, 0.1) is 18.8 Å². The van der Waals surface area contributed by atoms with Crippen LogP contribution in [0.1, 0.15) is 42.9 Å². The van der Waals surface area contributed by atoms with Crippen molar-refractivity contribution in [1.82, 2.24) is 20.9 Å². The Balaban J connectivity index is 1.41. The fourth-order valence-electron chi connectivity index (χ4n) is 5.83. The Hall–Kier alpha value is -3.88. The van der Waals surface area contributed by atoms with Gasteiger partial charge < -0.3 is 25.6 Å². The van der Waals surface area contributed by atoms with Crippen LogP contribution in [0.25, 0.3) is 0 Å². The topological polar surface area (TPSA) is 117 Å². The largest absolute Gasteiger partial charge is 0.490 e. The molecule has 5 rings (SSSR count). The van der Waals surface area contributed by atoms with Gasteiger partial charge in [-0.2, -0.15) is 0 Å². The Kier molecular flexibility index (Phi) is 7.86. The van der Waals surface area contributed by atoms with Gasteiger partial charge in [-0.1, -0.05) is 36.4 Å². The Bertz CT molecular complexity index is 1250. The third kappa shape index (κ3) is 6.24. The summed E-state index contributed by atoms with van der Waals surface area (Å²) in [5, 5.41) is 8.42. The highest BCUT2D eigenvalue weighted by Gasteiger charge is 2.50. The summed E-state index contributed by atoms with van der Waals surface area (Å²) in [5.74, 6) is -0.110. The van der Waals surface area contributed by atoms with Crippen molar-refractivity contribution < 1.29 is 23.9 Å². The van der Waals surface area contributed by atoms with Gasteiger partial charge in [0.25, 0.3) is 0 Å². The summed E-state index contributed by atoms with van der Waals surface area (Å²) in [4.78, 5) is 53.7. The van der Waals surface area contributed by atoms with Gasteiger partial charge in [0.1, 0.15) is 23.9 Å². The first-order valence-corrected chi connectivity index (χ1v) is 13.7. The number of fused-ring (bicyclic) bond motifs is 3. The van der Waals surface area contributed by atoms with Crippen molar-refractivity contribution in [3.63, 3.8) is 0 Å². The number of carbonyl (C=O) groups is 4. The molecule has 3 unspecified atom stereocenters. The maximum atomic E-state index is 13.4. The molecule has 1 saturated heterocycles. The highest BCUT2D eigenvalue weighted by Crippen LogP contribution is 2.43. The third-order valence-corrected chi connectivity index (χ3v) is 8.19. The molecule has 1 saturated carbocycles. The van der Waals surface area contributed by atoms with E-state index in [-0.39, 0.29) is 36.8 Å². The van der Waals surface area contributed by atoms with Gasteiger partial charge in [-0.15, -0.1) is 0 Å². The second-order valence-corrected chi connectivity index (χ2v) is 11.0. The lowest BCUT2D eigenvalue weighted by atomic mass is 9.73. The fraction of sp³-hybridized carbons (Fsp3) is 0.467. The van der Waals surface area contributed by atoms with Gasteiger partial charge in [0.2, 0.25) is 23.6 Å². The molecule has 9 nitrogen and oxygen atoms in total. The number of hydrogen-bond donors (Lipinski definition) is 3. The summed E-state index contributed by atoms with van der Waals surface area (Å²) >= 11 is 0. The van der Waals surface area contributed by atoms with E-state index < -0.39 is 23.9 Å². The Morgan fingerprint density at radius 3 is 2.64 bits per heavy atom. The number of nitrogens with one attached hydrogen (secondary N) is 3. The molecular formula is C30H36N4O5. The van der Waals surface area contributed by atoms with Crippen molar-refractivity contribution in [3.8, 4) is 5.75 Å². The van der Waals surface area contributed by atoms with Crippen LogP contribution in [-0.2, 0) is 32.1 Å². The number of amides is 4. The molecule has 2 aromatic carbocycles. The van der Waals surface area contributed by atoms with Crippen molar-refractivity contribution in [3.05, 3.63) is 65.2 Å². The summed E-state index contributed by atoms with van der Waals surface area (Å²) in [6.07, 6.45) is 1.66. The zero-order valence-electron chi connectivity index (χ0n) is 22.4. The number of benzene rings is 2. The monoisotopic (exact) mass is 532 g/mol. The second-order valence-electron chi connectivity index (χ2n) is 11.0. The molecule has 0 aromatic heterocycles. The van der Waals surface area contributed by atoms with Crippen LogP contribution in [0.15, 0.2) is 48.5 Å². The third-order valence-electron chi connectivity index (χ3n) is 8.19. The minimum atomic E-state index is -1.07. The SMILES string of the molecule is CC(=O)N[C@H]1CC(=O)N2CC3CC(Oc4ccc(C)c(c4)CNC(=O)[C@H](CCc4ccccc4)NC1=O)C3C2. The standard InChI is InChI=1S/C30H36N4O5/c1-18-8-10-23-12-21(18)15-31-29(37)25(11-9-20-6-4-3-5-7-20)33-30(38)26(32-19(2)35)14-28(36)34-16-22-13-27(39-23)24(22)17-34/h3-8,10,12,22,24-27H,9,11,13-17H2,1-2H3,(H,31,37)(H,32,35)(H,33,38)/t22?,24?,25-,26-,27?/m0/s1. The molecule has 3 N–H and O–H groups in total. The van der Waals surface area contributed by atoms with Gasteiger partial charge in [-0.3, -0.25) is 19.2 Å². The number of aryl methyl sites for hydroxylation is 2. The van der Waals surface area contributed by atoms with Gasteiger partial charge in [0.15, 0.2) is 0 Å². The van der Waals surface area contributed by atoms with E-state index in [4.69, 9.17) is 4.74 Å². The first-order chi connectivity index (χ1) is 18.8. The van der Waals surface area contributed by atoms with Crippen molar-refractivity contribution in [1.29, 1.82) is 0 Å². The molecule has 4 bridgehead atoms. The Morgan fingerprint density at radius 1 is 1.08 bits per heavy atom. The average molecular weight is 533 g/mol. The fourth-order valence-corrected chi connectivity index (χ4v) is 5.83. The summed E-state index contributed by atoms with van der Waals surface area (Å²) < 4.78 is 6.32. The maximum Gasteiger partial charge on any atom is 0.243 e. The van der Waals surface area contributed by atoms with E-state index in [9.17, 15) is 19.2 Å². The van der Waals surface area contributed by atoms with E-state index in [2.05, 4.69) is 16.0 Å². The van der Waals surface area contributed by atoms with E-state index in [1.807, 2.05) is 55.5 Å². The molecule has 4 amide bonds. The normalized spacial score (nSPS) is 27.0. The summed E-state index contributed by atoms with van der Waals surface area (Å²) in [6.45, 7) is 4.78. The van der Waals surface area contributed by atoms with E-state index >= 15 is 0 Å². The minimum absolute atomic E-state index is 0.0189. The Labute approximate surface area is 228 Å². The highest BCUT2D eigenvalue weighted by molar-refractivity contribution is 5.94. The first kappa shape index (κ1) is 26.7. The quantitative estimate of drug-likeness (QED) is 0.556. The summed E-state index contributed by atoms with van der Waals surface area (Å²) in [5.41, 5.74) is 3.01. The number of rotatable bonds is 4. The zero-order chi connectivity index (χ0) is 27.5. The number of carbonyl (C=O) groups excluding carboxylic acids is 4. The lowest BCUT2D eigenvalue weighted by Gasteiger charge is -2.39. The predicted molar refractivity (Wildman–Crippen MR) is 145 cm³/mol. The number of ether oxygens (including phenoxy) is 1. The number of nitrogens with zero attached hydrogens (tertiary/aromatic N) is 1. The molecule has 0 radical (unpaired) electrons. The minimum Gasteiger partial charge on any atom is -0.490 e. The van der Waals surface area contributed by atoms with Crippen LogP contribution in [0.2, 0.25) is 0 Å². The molecule has 0 spiro atoms. The molecule has 1 aliphatic carbocycles. The van der Waals surface area contributed by atoms with E-state index in [0.29, 0.717) is 31.8 Å². The van der Waals surface area contributed by atoms with Crippen molar-refractivity contribution >= 4 is 23.6 Å².